The number of nitro benzene ring substituents is 1. The molecule has 0 unspecified atom stereocenters. The summed E-state index contributed by atoms with van der Waals surface area (Å²) in [6, 6.07) is 2.15. The number of phenolic OH excluding ortho intramolecular Hbond substituents is 2. The second kappa shape index (κ2) is 6.32. The van der Waals surface area contributed by atoms with E-state index in [4.69, 9.17) is 23.2 Å². The van der Waals surface area contributed by atoms with Gasteiger partial charge in [0, 0.05) is 18.7 Å². The van der Waals surface area contributed by atoms with Crippen LogP contribution in [0.5, 0.6) is 11.5 Å². The van der Waals surface area contributed by atoms with Crippen molar-refractivity contribution in [3.63, 3.8) is 0 Å². The summed E-state index contributed by atoms with van der Waals surface area (Å²) in [6.07, 6.45) is 2.18. The lowest BCUT2D eigenvalue weighted by molar-refractivity contribution is -0.605. The highest BCUT2D eigenvalue weighted by Crippen LogP contribution is 2.40. The number of pyridine rings is 1. The third kappa shape index (κ3) is 2.85. The van der Waals surface area contributed by atoms with Crippen LogP contribution in [0.4, 0.5) is 5.69 Å². The summed E-state index contributed by atoms with van der Waals surface area (Å²) in [5.41, 5.74) is -0.303. The molecule has 0 amide bonds. The van der Waals surface area contributed by atoms with Crippen molar-refractivity contribution >= 4 is 28.9 Å². The van der Waals surface area contributed by atoms with Crippen LogP contribution < -0.4 is 4.73 Å². The highest BCUT2D eigenvalue weighted by molar-refractivity contribution is 6.38. The Morgan fingerprint density at radius 1 is 1.15 bits per heavy atom. The first-order valence-corrected chi connectivity index (χ1v) is 7.64. The van der Waals surface area contributed by atoms with Gasteiger partial charge in [-0.3, -0.25) is 10.1 Å². The molecule has 0 spiro atoms. The third-order valence-electron chi connectivity index (χ3n) is 3.58. The Morgan fingerprint density at radius 3 is 2.31 bits per heavy atom. The van der Waals surface area contributed by atoms with Crippen LogP contribution in [0.1, 0.15) is 0 Å². The molecule has 1 aromatic carbocycles. The predicted molar refractivity (Wildman–Crippen MR) is 90.8 cm³/mol. The molecule has 0 atom stereocenters. The lowest BCUT2D eigenvalue weighted by atomic mass is 10.1. The first kappa shape index (κ1) is 17.7. The Labute approximate surface area is 155 Å². The van der Waals surface area contributed by atoms with Crippen molar-refractivity contribution in [2.45, 2.75) is 0 Å². The number of rotatable bonds is 3. The van der Waals surface area contributed by atoms with Crippen LogP contribution in [-0.2, 0) is 7.05 Å². The Bertz CT molecular complexity index is 1030. The second-order valence-electron chi connectivity index (χ2n) is 5.22. The SMILES string of the molecule is Cn1c(-c2cc(O)c(O)c([N+](=O)[O-])c2)nnc1-c1c(Cl)c[n+]([O-])cc1Cl. The molecule has 0 aliphatic heterocycles. The first-order chi connectivity index (χ1) is 12.2. The molecule has 2 heterocycles. The summed E-state index contributed by atoms with van der Waals surface area (Å²) in [5.74, 6) is -1.19. The number of aromatic nitrogens is 4. The molecular weight excluding hydrogens is 389 g/mol. The van der Waals surface area contributed by atoms with Crippen molar-refractivity contribution in [1.82, 2.24) is 14.8 Å². The van der Waals surface area contributed by atoms with E-state index in [1.54, 1.807) is 7.05 Å². The average Bonchev–Trinajstić information content (AvgIpc) is 2.90. The maximum absolute atomic E-state index is 11.4. The number of hydrogen-bond acceptors (Lipinski definition) is 7. The fraction of sp³-hybridized carbons (Fsp3) is 0.0714. The van der Waals surface area contributed by atoms with Crippen molar-refractivity contribution in [3.8, 4) is 34.3 Å². The van der Waals surface area contributed by atoms with Gasteiger partial charge in [0.25, 0.3) is 0 Å². The zero-order chi connectivity index (χ0) is 19.2. The Kier molecular flexibility index (Phi) is 4.30. The highest BCUT2D eigenvalue weighted by atomic mass is 35.5. The third-order valence-corrected chi connectivity index (χ3v) is 4.16. The molecule has 0 aliphatic carbocycles. The highest BCUT2D eigenvalue weighted by Gasteiger charge is 2.24. The van der Waals surface area contributed by atoms with Gasteiger partial charge in [0.2, 0.25) is 5.75 Å². The van der Waals surface area contributed by atoms with E-state index in [-0.39, 0.29) is 32.8 Å². The fourth-order valence-electron chi connectivity index (χ4n) is 2.39. The van der Waals surface area contributed by atoms with Crippen LogP contribution in [0.3, 0.4) is 0 Å². The minimum atomic E-state index is -0.852. The summed E-state index contributed by atoms with van der Waals surface area (Å²) in [5, 5.41) is 49.7. The normalized spacial score (nSPS) is 10.9. The number of hydrogen-bond donors (Lipinski definition) is 2. The van der Waals surface area contributed by atoms with E-state index in [1.165, 1.54) is 4.57 Å². The van der Waals surface area contributed by atoms with Crippen molar-refractivity contribution in [1.29, 1.82) is 0 Å². The van der Waals surface area contributed by atoms with Crippen LogP contribution in [0.25, 0.3) is 22.8 Å². The molecule has 134 valence electrons. The summed E-state index contributed by atoms with van der Waals surface area (Å²) < 4.78 is 1.87. The van der Waals surface area contributed by atoms with E-state index in [2.05, 4.69) is 10.2 Å². The van der Waals surface area contributed by atoms with Crippen LogP contribution in [0, 0.1) is 15.3 Å². The van der Waals surface area contributed by atoms with Gasteiger partial charge >= 0.3 is 5.69 Å². The number of nitro groups is 1. The lowest BCUT2D eigenvalue weighted by Crippen LogP contribution is -2.24. The summed E-state index contributed by atoms with van der Waals surface area (Å²) >= 11 is 12.1. The minimum Gasteiger partial charge on any atom is -0.619 e. The van der Waals surface area contributed by atoms with E-state index in [1.807, 2.05) is 0 Å². The molecule has 0 saturated carbocycles. The molecule has 0 aliphatic rings. The maximum atomic E-state index is 11.4. The topological polar surface area (TPSA) is 141 Å². The van der Waals surface area contributed by atoms with Crippen LogP contribution in [0.2, 0.25) is 10.0 Å². The minimum absolute atomic E-state index is 0.0362. The molecule has 0 fully saturated rings. The predicted octanol–water partition coefficient (Wildman–Crippen LogP) is 2.41. The maximum Gasteiger partial charge on any atom is 0.315 e. The van der Waals surface area contributed by atoms with Crippen molar-refractivity contribution in [3.05, 3.63) is 49.9 Å². The van der Waals surface area contributed by atoms with Gasteiger partial charge in [-0.1, -0.05) is 23.2 Å². The molecule has 2 N–H and O–H groups in total. The van der Waals surface area contributed by atoms with E-state index >= 15 is 0 Å². The second-order valence-corrected chi connectivity index (χ2v) is 6.03. The van der Waals surface area contributed by atoms with E-state index in [9.17, 15) is 25.5 Å². The number of phenols is 2. The monoisotopic (exact) mass is 397 g/mol. The zero-order valence-corrected chi connectivity index (χ0v) is 14.4. The number of benzene rings is 1. The molecular formula is C14H9Cl2N5O5. The largest absolute Gasteiger partial charge is 0.619 e. The molecule has 26 heavy (non-hydrogen) atoms. The zero-order valence-electron chi connectivity index (χ0n) is 12.9. The van der Waals surface area contributed by atoms with Gasteiger partial charge in [0.1, 0.15) is 10.0 Å². The lowest BCUT2D eigenvalue weighted by Gasteiger charge is -2.08. The van der Waals surface area contributed by atoms with Crippen molar-refractivity contribution in [2.24, 2.45) is 7.05 Å². The van der Waals surface area contributed by atoms with Gasteiger partial charge in [-0.05, 0) is 6.07 Å². The quantitative estimate of drug-likeness (QED) is 0.227. The summed E-state index contributed by atoms with van der Waals surface area (Å²) in [6.45, 7) is 0. The molecule has 0 radical (unpaired) electrons. The molecule has 10 nitrogen and oxygen atoms in total. The summed E-state index contributed by atoms with van der Waals surface area (Å²) in [4.78, 5) is 10.2. The van der Waals surface area contributed by atoms with Crippen molar-refractivity contribution in [2.75, 3.05) is 0 Å². The van der Waals surface area contributed by atoms with Crippen LogP contribution >= 0.6 is 23.2 Å². The molecule has 2 aromatic heterocycles. The fourth-order valence-corrected chi connectivity index (χ4v) is 3.00. The van der Waals surface area contributed by atoms with Crippen LogP contribution in [-0.4, -0.2) is 29.9 Å². The van der Waals surface area contributed by atoms with Gasteiger partial charge in [-0.25, -0.2) is 0 Å². The Hall–Kier alpha value is -3.11. The summed E-state index contributed by atoms with van der Waals surface area (Å²) in [7, 11) is 1.55. The van der Waals surface area contributed by atoms with Gasteiger partial charge in [-0.15, -0.1) is 10.2 Å². The number of aromatic hydroxyl groups is 2. The van der Waals surface area contributed by atoms with E-state index < -0.39 is 22.1 Å². The number of halogens is 2. The Morgan fingerprint density at radius 2 is 1.73 bits per heavy atom. The molecule has 12 heteroatoms. The molecule has 3 aromatic rings. The number of nitrogens with zero attached hydrogens (tertiary/aromatic N) is 5. The molecule has 0 bridgehead atoms. The average molecular weight is 398 g/mol. The smallest absolute Gasteiger partial charge is 0.315 e. The first-order valence-electron chi connectivity index (χ1n) is 6.89. The standard InChI is InChI=1S/C14H9Cl2N5O5/c1-19-13(6-2-9(21(25)26)12(23)10(22)3-6)17-18-14(19)11-7(15)4-20(24)5-8(11)16/h2-5,22-23H,1H3. The Balaban J connectivity index is 2.19. The van der Waals surface area contributed by atoms with Crippen molar-refractivity contribution < 1.29 is 19.9 Å². The van der Waals surface area contributed by atoms with E-state index in [0.29, 0.717) is 4.73 Å². The van der Waals surface area contributed by atoms with Gasteiger partial charge in [-0.2, -0.15) is 4.73 Å². The van der Waals surface area contributed by atoms with Gasteiger partial charge in [0.05, 0.1) is 10.5 Å². The molecule has 0 saturated heterocycles. The van der Waals surface area contributed by atoms with Crippen LogP contribution in [0.15, 0.2) is 24.5 Å². The van der Waals surface area contributed by atoms with Gasteiger partial charge in [0.15, 0.2) is 29.8 Å². The van der Waals surface area contributed by atoms with E-state index in [0.717, 1.165) is 24.5 Å². The van der Waals surface area contributed by atoms with Gasteiger partial charge < -0.3 is 20.0 Å². The molecule has 3 rings (SSSR count).